The average molecular weight is 246 g/mol. The number of hydrogen-bond acceptors (Lipinski definition) is 5. The van der Waals surface area contributed by atoms with E-state index >= 15 is 0 Å². The van der Waals surface area contributed by atoms with E-state index in [9.17, 15) is 0 Å². The summed E-state index contributed by atoms with van der Waals surface area (Å²) >= 11 is 0. The lowest BCUT2D eigenvalue weighted by Gasteiger charge is -2.13. The molecule has 2 N–H and O–H groups in total. The quantitative estimate of drug-likeness (QED) is 0.897. The molecule has 2 rings (SSSR count). The molecule has 0 aliphatic rings. The Labute approximate surface area is 105 Å². The van der Waals surface area contributed by atoms with Crippen molar-refractivity contribution in [2.45, 2.75) is 0 Å². The lowest BCUT2D eigenvalue weighted by molar-refractivity contribution is 0.346. The smallest absolute Gasteiger partial charge is 0.211 e. The van der Waals surface area contributed by atoms with Crippen LogP contribution >= 0.6 is 0 Å². The van der Waals surface area contributed by atoms with Gasteiger partial charge < -0.3 is 19.9 Å². The van der Waals surface area contributed by atoms with Crippen molar-refractivity contribution in [2.24, 2.45) is 0 Å². The number of pyridine rings is 1. The zero-order chi connectivity index (χ0) is 13.0. The Morgan fingerprint density at radius 3 is 2.28 bits per heavy atom. The highest BCUT2D eigenvalue weighted by atomic mass is 16.5. The fraction of sp³-hybridized carbons (Fsp3) is 0.154. The number of rotatable bonds is 4. The molecule has 5 nitrogen and oxygen atoms in total. The molecule has 5 heteroatoms. The second-order valence-electron chi connectivity index (χ2n) is 3.55. The molecule has 0 fully saturated rings. The van der Waals surface area contributed by atoms with Crippen molar-refractivity contribution in [3.63, 3.8) is 0 Å². The number of ether oxygens (including phenoxy) is 3. The van der Waals surface area contributed by atoms with Crippen LogP contribution in [-0.2, 0) is 0 Å². The van der Waals surface area contributed by atoms with Crippen molar-refractivity contribution in [3.8, 4) is 23.0 Å². The molecule has 0 bridgehead atoms. The molecule has 0 saturated heterocycles. The van der Waals surface area contributed by atoms with Crippen LogP contribution in [0.5, 0.6) is 23.0 Å². The SMILES string of the molecule is COc1cccc(OC)c1Oc1cncc(N)c1. The van der Waals surface area contributed by atoms with Crippen LogP contribution in [0.4, 0.5) is 5.69 Å². The lowest BCUT2D eigenvalue weighted by Crippen LogP contribution is -1.95. The van der Waals surface area contributed by atoms with Gasteiger partial charge in [0, 0.05) is 6.07 Å². The number of para-hydroxylation sites is 1. The third-order valence-electron chi connectivity index (χ3n) is 2.34. The molecule has 0 radical (unpaired) electrons. The molecule has 0 aliphatic carbocycles. The first kappa shape index (κ1) is 12.0. The fourth-order valence-electron chi connectivity index (χ4n) is 1.53. The molecule has 1 aromatic carbocycles. The van der Waals surface area contributed by atoms with Gasteiger partial charge in [0.1, 0.15) is 5.75 Å². The minimum absolute atomic E-state index is 0.495. The molecule has 2 aromatic rings. The van der Waals surface area contributed by atoms with E-state index in [4.69, 9.17) is 19.9 Å². The summed E-state index contributed by atoms with van der Waals surface area (Å²) in [5.74, 6) is 2.18. The van der Waals surface area contributed by atoms with Gasteiger partial charge in [-0.05, 0) is 12.1 Å². The highest BCUT2D eigenvalue weighted by Crippen LogP contribution is 2.39. The highest BCUT2D eigenvalue weighted by Gasteiger charge is 2.12. The fourth-order valence-corrected chi connectivity index (χ4v) is 1.53. The minimum Gasteiger partial charge on any atom is -0.493 e. The zero-order valence-electron chi connectivity index (χ0n) is 10.2. The van der Waals surface area contributed by atoms with Gasteiger partial charge in [-0.25, -0.2) is 0 Å². The third-order valence-corrected chi connectivity index (χ3v) is 2.34. The molecular formula is C13H14N2O3. The Kier molecular flexibility index (Phi) is 3.52. The minimum atomic E-state index is 0.495. The number of methoxy groups -OCH3 is 2. The summed E-state index contributed by atoms with van der Waals surface area (Å²) in [5.41, 5.74) is 6.18. The molecule has 0 unspecified atom stereocenters. The van der Waals surface area contributed by atoms with E-state index in [2.05, 4.69) is 4.98 Å². The average Bonchev–Trinajstić information content (AvgIpc) is 2.39. The van der Waals surface area contributed by atoms with Gasteiger partial charge in [-0.15, -0.1) is 0 Å². The summed E-state index contributed by atoms with van der Waals surface area (Å²) in [6.45, 7) is 0. The molecule has 18 heavy (non-hydrogen) atoms. The topological polar surface area (TPSA) is 66.6 Å². The molecule has 0 spiro atoms. The first-order chi connectivity index (χ1) is 8.74. The van der Waals surface area contributed by atoms with Crippen molar-refractivity contribution in [1.82, 2.24) is 4.98 Å². The molecule has 1 heterocycles. The Morgan fingerprint density at radius 1 is 1.06 bits per heavy atom. The third kappa shape index (κ3) is 2.45. The van der Waals surface area contributed by atoms with Gasteiger partial charge in [0.2, 0.25) is 5.75 Å². The van der Waals surface area contributed by atoms with Gasteiger partial charge in [0.05, 0.1) is 32.3 Å². The number of nitrogens with zero attached hydrogens (tertiary/aromatic N) is 1. The van der Waals surface area contributed by atoms with Crippen LogP contribution in [0, 0.1) is 0 Å². The Hall–Kier alpha value is -2.43. The van der Waals surface area contributed by atoms with Crippen molar-refractivity contribution in [2.75, 3.05) is 20.0 Å². The number of benzene rings is 1. The van der Waals surface area contributed by atoms with E-state index in [0.29, 0.717) is 28.7 Å². The maximum absolute atomic E-state index is 5.71. The molecular weight excluding hydrogens is 232 g/mol. The van der Waals surface area contributed by atoms with Crippen molar-refractivity contribution in [3.05, 3.63) is 36.7 Å². The molecule has 0 aliphatic heterocycles. The summed E-state index contributed by atoms with van der Waals surface area (Å²) in [6.07, 6.45) is 3.12. The Morgan fingerprint density at radius 2 is 1.72 bits per heavy atom. The van der Waals surface area contributed by atoms with Crippen LogP contribution in [0.15, 0.2) is 36.7 Å². The molecule has 0 saturated carbocycles. The number of hydrogen-bond donors (Lipinski definition) is 1. The van der Waals surface area contributed by atoms with Crippen molar-refractivity contribution < 1.29 is 14.2 Å². The first-order valence-corrected chi connectivity index (χ1v) is 5.34. The van der Waals surface area contributed by atoms with Crippen LogP contribution < -0.4 is 19.9 Å². The van der Waals surface area contributed by atoms with Crippen LogP contribution in [0.3, 0.4) is 0 Å². The molecule has 0 atom stereocenters. The van der Waals surface area contributed by atoms with E-state index in [1.807, 2.05) is 6.07 Å². The van der Waals surface area contributed by atoms with E-state index in [1.165, 1.54) is 0 Å². The largest absolute Gasteiger partial charge is 0.493 e. The van der Waals surface area contributed by atoms with Gasteiger partial charge >= 0.3 is 0 Å². The zero-order valence-corrected chi connectivity index (χ0v) is 10.2. The van der Waals surface area contributed by atoms with Crippen LogP contribution in [0.1, 0.15) is 0 Å². The normalized spacial score (nSPS) is 9.89. The van der Waals surface area contributed by atoms with Gasteiger partial charge in [-0.2, -0.15) is 0 Å². The summed E-state index contributed by atoms with van der Waals surface area (Å²) in [4.78, 5) is 3.96. The number of nitrogen functional groups attached to an aromatic ring is 1. The second-order valence-corrected chi connectivity index (χ2v) is 3.55. The highest BCUT2D eigenvalue weighted by molar-refractivity contribution is 5.53. The maximum Gasteiger partial charge on any atom is 0.211 e. The van der Waals surface area contributed by atoms with Gasteiger partial charge in [0.15, 0.2) is 11.5 Å². The number of aromatic nitrogens is 1. The van der Waals surface area contributed by atoms with E-state index in [1.54, 1.807) is 44.8 Å². The Bertz CT molecular complexity index is 521. The standard InChI is InChI=1S/C13H14N2O3/c1-16-11-4-3-5-12(17-2)13(11)18-10-6-9(14)7-15-8-10/h3-8H,14H2,1-2H3. The lowest BCUT2D eigenvalue weighted by atomic mass is 10.3. The van der Waals surface area contributed by atoms with Crippen LogP contribution in [0.2, 0.25) is 0 Å². The van der Waals surface area contributed by atoms with Gasteiger partial charge in [-0.3, -0.25) is 4.98 Å². The van der Waals surface area contributed by atoms with Gasteiger partial charge in [0.25, 0.3) is 0 Å². The maximum atomic E-state index is 5.71. The van der Waals surface area contributed by atoms with Crippen molar-refractivity contribution >= 4 is 5.69 Å². The predicted octanol–water partition coefficient (Wildman–Crippen LogP) is 2.47. The number of nitrogens with two attached hydrogens (primary N) is 1. The van der Waals surface area contributed by atoms with Crippen molar-refractivity contribution in [1.29, 1.82) is 0 Å². The molecule has 1 aromatic heterocycles. The van der Waals surface area contributed by atoms with Crippen LogP contribution in [-0.4, -0.2) is 19.2 Å². The predicted molar refractivity (Wildman–Crippen MR) is 68.3 cm³/mol. The van der Waals surface area contributed by atoms with E-state index in [-0.39, 0.29) is 0 Å². The van der Waals surface area contributed by atoms with Gasteiger partial charge in [-0.1, -0.05) is 6.07 Å². The second kappa shape index (κ2) is 5.27. The summed E-state index contributed by atoms with van der Waals surface area (Å²) in [7, 11) is 3.14. The molecule has 94 valence electrons. The van der Waals surface area contributed by atoms with E-state index < -0.39 is 0 Å². The first-order valence-electron chi connectivity index (χ1n) is 5.34. The van der Waals surface area contributed by atoms with E-state index in [0.717, 1.165) is 0 Å². The van der Waals surface area contributed by atoms with Crippen LogP contribution in [0.25, 0.3) is 0 Å². The summed E-state index contributed by atoms with van der Waals surface area (Å²) in [6, 6.07) is 7.08. The summed E-state index contributed by atoms with van der Waals surface area (Å²) < 4.78 is 16.2. The monoisotopic (exact) mass is 246 g/mol. The Balaban J connectivity index is 2.38. The number of anilines is 1. The summed E-state index contributed by atoms with van der Waals surface area (Å²) in [5, 5.41) is 0. The molecule has 0 amide bonds.